The SMILES string of the molecule is CC.CC.CC.CC.CC.CC.CC.CC.CC1CC(C)(O)C1.CC1CC(C)(O)C1.CC1CC(O)C1.CC1CC(O)C1.CC1CCC(C)(C)CC1.CC1CCC(C)(O)CC1.CC1CCC(O)CC1.CC1CCC(O)CC1. The molecule has 0 aromatic rings. The van der Waals surface area contributed by atoms with Gasteiger partial charge >= 0.3 is 0 Å². The summed E-state index contributed by atoms with van der Waals surface area (Å²) in [6, 6.07) is 0. The lowest BCUT2D eigenvalue weighted by atomic mass is 9.73. The smallest absolute Gasteiger partial charge is 0.0624 e. The summed E-state index contributed by atoms with van der Waals surface area (Å²) in [6.45, 7) is 60.3. The lowest BCUT2D eigenvalue weighted by molar-refractivity contribution is -0.0511. The van der Waals surface area contributed by atoms with E-state index >= 15 is 0 Å². The molecule has 8 aliphatic rings. The number of hydrogen-bond acceptors (Lipinski definition) is 7. The van der Waals surface area contributed by atoms with Crippen molar-refractivity contribution in [3.05, 3.63) is 0 Å². The zero-order chi connectivity index (χ0) is 61.9. The molecule has 0 radical (unpaired) electrons. The summed E-state index contributed by atoms with van der Waals surface area (Å²) in [4.78, 5) is 0. The van der Waals surface area contributed by atoms with Gasteiger partial charge < -0.3 is 35.7 Å². The van der Waals surface area contributed by atoms with Crippen LogP contribution < -0.4 is 0 Å². The van der Waals surface area contributed by atoms with Crippen LogP contribution in [-0.2, 0) is 0 Å². The first-order valence-corrected chi connectivity index (χ1v) is 33.4. The zero-order valence-corrected chi connectivity index (χ0v) is 58.0. The van der Waals surface area contributed by atoms with E-state index in [2.05, 4.69) is 69.2 Å². The summed E-state index contributed by atoms with van der Waals surface area (Å²) in [5.41, 5.74) is -0.294. The third-order valence-corrected chi connectivity index (χ3v) is 14.8. The Morgan fingerprint density at radius 3 is 0.539 bits per heavy atom. The van der Waals surface area contributed by atoms with Crippen LogP contribution in [0.3, 0.4) is 0 Å². The van der Waals surface area contributed by atoms with Gasteiger partial charge in [0.25, 0.3) is 0 Å². The summed E-state index contributed by atoms with van der Waals surface area (Å²) in [5, 5.41) is 63.0. The molecule has 8 fully saturated rings. The van der Waals surface area contributed by atoms with Crippen molar-refractivity contribution in [3.63, 3.8) is 0 Å². The molecule has 8 aliphatic carbocycles. The van der Waals surface area contributed by atoms with E-state index in [1.807, 2.05) is 132 Å². The van der Waals surface area contributed by atoms with Crippen LogP contribution in [-0.4, -0.2) is 77.0 Å². The molecule has 8 saturated carbocycles. The molecule has 472 valence electrons. The first-order valence-electron chi connectivity index (χ1n) is 33.4. The van der Waals surface area contributed by atoms with Crippen LogP contribution in [0.25, 0.3) is 0 Å². The number of rotatable bonds is 0. The largest absolute Gasteiger partial charge is 0.393 e. The Hall–Kier alpha value is -0.280. The second kappa shape index (κ2) is 57.9. The topological polar surface area (TPSA) is 142 Å². The molecule has 0 aliphatic heterocycles. The summed E-state index contributed by atoms with van der Waals surface area (Å²) >= 11 is 0. The van der Waals surface area contributed by atoms with E-state index in [1.165, 1.54) is 64.2 Å². The highest BCUT2D eigenvalue weighted by Gasteiger charge is 2.35. The lowest BCUT2D eigenvalue weighted by Gasteiger charge is -2.38. The minimum atomic E-state index is -0.341. The van der Waals surface area contributed by atoms with Crippen molar-refractivity contribution in [2.24, 2.45) is 52.8 Å². The van der Waals surface area contributed by atoms with Crippen LogP contribution in [0.5, 0.6) is 0 Å². The highest BCUT2D eigenvalue weighted by atomic mass is 16.3. The molecule has 0 aromatic carbocycles. The molecule has 7 N–H and O–H groups in total. The van der Waals surface area contributed by atoms with Crippen molar-refractivity contribution in [1.82, 2.24) is 0 Å². The maximum atomic E-state index is 9.49. The molecule has 0 unspecified atom stereocenters. The standard InChI is InChI=1S/C9H18.C8H16O.2C7H14O.2C6H12O.2C5H10O.8C2H6/c1-8-4-6-9(2,3)7-5-8;1-7-3-5-8(2,9)6-4-7;2*1-6-2-4-7(8)5-3-6;2*1-5-3-6(2,7)4-5;2*1-4-2-5(6)3-4;8*1-2/h8H,4-7H2,1-3H3;7,9H,3-6H2,1-2H3;2*6-8H,2-5H2,1H3;2*5,7H,3-4H2,1-2H3;2*4-6H,2-3H2,1H3;8*1-2H3. The zero-order valence-electron chi connectivity index (χ0n) is 58.0. The predicted octanol–water partition coefficient (Wildman–Crippen LogP) is 20.4. The van der Waals surface area contributed by atoms with Crippen LogP contribution in [0, 0.1) is 52.8 Å². The van der Waals surface area contributed by atoms with Crippen LogP contribution >= 0.6 is 0 Å². The molecular formula is C69H154O7. The molecular weight excluding hydrogens is 941 g/mol. The van der Waals surface area contributed by atoms with Gasteiger partial charge in [0.2, 0.25) is 0 Å². The van der Waals surface area contributed by atoms with E-state index in [9.17, 15) is 5.11 Å². The Bertz CT molecular complexity index is 912. The van der Waals surface area contributed by atoms with Gasteiger partial charge in [0.15, 0.2) is 0 Å². The fraction of sp³-hybridized carbons (Fsp3) is 1.00. The fourth-order valence-electron chi connectivity index (χ4n) is 10.0. The van der Waals surface area contributed by atoms with Crippen LogP contribution in [0.4, 0.5) is 0 Å². The van der Waals surface area contributed by atoms with E-state index in [0.717, 1.165) is 137 Å². The molecule has 0 heterocycles. The monoisotopic (exact) mass is 1100 g/mol. The Labute approximate surface area is 482 Å². The first kappa shape index (κ1) is 92.2. The van der Waals surface area contributed by atoms with Gasteiger partial charge in [0.05, 0.1) is 41.2 Å². The molecule has 7 nitrogen and oxygen atoms in total. The van der Waals surface area contributed by atoms with Gasteiger partial charge in [-0.2, -0.15) is 0 Å². The van der Waals surface area contributed by atoms with Crippen molar-refractivity contribution in [1.29, 1.82) is 0 Å². The quantitative estimate of drug-likeness (QED) is 0.128. The average Bonchev–Trinajstić information content (AvgIpc) is 3.37. The average molecular weight is 1100 g/mol. The predicted molar refractivity (Wildman–Crippen MR) is 345 cm³/mol. The normalized spacial score (nSPS) is 34.2. The maximum absolute atomic E-state index is 9.49. The highest BCUT2D eigenvalue weighted by molar-refractivity contribution is 4.88. The van der Waals surface area contributed by atoms with Crippen molar-refractivity contribution in [3.8, 4) is 0 Å². The Balaban J connectivity index is -0.000000112. The maximum Gasteiger partial charge on any atom is 0.0624 e. The Kier molecular flexibility index (Phi) is 70.3. The van der Waals surface area contributed by atoms with Gasteiger partial charge in [-0.25, -0.2) is 0 Å². The molecule has 0 spiro atoms. The fourth-order valence-corrected chi connectivity index (χ4v) is 10.0. The molecule has 7 heteroatoms. The second-order valence-corrected chi connectivity index (χ2v) is 24.3. The van der Waals surface area contributed by atoms with Gasteiger partial charge in [0, 0.05) is 0 Å². The molecule has 0 atom stereocenters. The van der Waals surface area contributed by atoms with Crippen molar-refractivity contribution in [2.45, 2.75) is 396 Å². The molecule has 8 rings (SSSR count). The van der Waals surface area contributed by atoms with Crippen molar-refractivity contribution in [2.75, 3.05) is 0 Å². The Morgan fingerprint density at radius 1 is 0.237 bits per heavy atom. The molecule has 0 amide bonds. The van der Waals surface area contributed by atoms with Gasteiger partial charge in [-0.05, 0) is 215 Å². The van der Waals surface area contributed by atoms with E-state index < -0.39 is 0 Å². The van der Waals surface area contributed by atoms with Gasteiger partial charge in [-0.3, -0.25) is 0 Å². The summed E-state index contributed by atoms with van der Waals surface area (Å²) in [6.07, 6.45) is 27.4. The second-order valence-electron chi connectivity index (χ2n) is 24.3. The van der Waals surface area contributed by atoms with Crippen LogP contribution in [0.2, 0.25) is 0 Å². The van der Waals surface area contributed by atoms with Gasteiger partial charge in [0.1, 0.15) is 0 Å². The summed E-state index contributed by atoms with van der Waals surface area (Å²) in [7, 11) is 0. The third kappa shape index (κ3) is 61.3. The molecule has 0 bridgehead atoms. The molecule has 0 aromatic heterocycles. The number of aliphatic hydroxyl groups excluding tert-OH is 4. The number of hydrogen-bond donors (Lipinski definition) is 7. The lowest BCUT2D eigenvalue weighted by Crippen LogP contribution is -2.39. The number of aliphatic hydroxyl groups is 7. The molecule has 0 saturated heterocycles. The highest BCUT2D eigenvalue weighted by Crippen LogP contribution is 2.38. The summed E-state index contributed by atoms with van der Waals surface area (Å²) < 4.78 is 0. The first-order chi connectivity index (χ1) is 35.6. The minimum absolute atomic E-state index is 0.0196. The van der Waals surface area contributed by atoms with E-state index in [0.29, 0.717) is 5.41 Å². The van der Waals surface area contributed by atoms with E-state index in [4.69, 9.17) is 30.6 Å². The third-order valence-electron chi connectivity index (χ3n) is 14.8. The van der Waals surface area contributed by atoms with Crippen LogP contribution in [0.15, 0.2) is 0 Å². The Morgan fingerprint density at radius 2 is 0.434 bits per heavy atom. The van der Waals surface area contributed by atoms with E-state index in [1.54, 1.807) is 0 Å². The van der Waals surface area contributed by atoms with Crippen LogP contribution in [0.1, 0.15) is 355 Å². The molecule has 76 heavy (non-hydrogen) atoms. The summed E-state index contributed by atoms with van der Waals surface area (Å²) in [5.74, 6) is 6.66. The van der Waals surface area contributed by atoms with Crippen molar-refractivity contribution < 1.29 is 35.7 Å². The van der Waals surface area contributed by atoms with Gasteiger partial charge in [-0.1, -0.05) is 193 Å². The van der Waals surface area contributed by atoms with Gasteiger partial charge in [-0.15, -0.1) is 0 Å². The van der Waals surface area contributed by atoms with E-state index in [-0.39, 0.29) is 41.2 Å². The van der Waals surface area contributed by atoms with Crippen molar-refractivity contribution >= 4 is 0 Å². The minimum Gasteiger partial charge on any atom is -0.393 e.